The number of aliphatic hydroxyl groups excluding tert-OH is 1. The first-order valence-electron chi connectivity index (χ1n) is 8.82. The normalized spacial score (nSPS) is 22.7. The van der Waals surface area contributed by atoms with Crippen molar-refractivity contribution in [2.75, 3.05) is 19.7 Å². The van der Waals surface area contributed by atoms with E-state index in [1.54, 1.807) is 4.90 Å². The van der Waals surface area contributed by atoms with Crippen LogP contribution in [0.1, 0.15) is 36.0 Å². The predicted molar refractivity (Wildman–Crippen MR) is 92.2 cm³/mol. The number of aromatic nitrogens is 2. The monoisotopic (exact) mass is 359 g/mol. The first-order valence-corrected chi connectivity index (χ1v) is 8.82. The Morgan fingerprint density at radius 2 is 2.12 bits per heavy atom. The minimum absolute atomic E-state index is 0.0332. The third kappa shape index (κ3) is 2.65. The first-order chi connectivity index (χ1) is 12.5. The number of rotatable bonds is 1. The molecule has 138 valence electrons. The average molecular weight is 359 g/mol. The lowest BCUT2D eigenvalue weighted by Crippen LogP contribution is -2.56. The number of piperidine rings is 1. The molecule has 4 rings (SSSR count). The summed E-state index contributed by atoms with van der Waals surface area (Å²) in [7, 11) is 0. The summed E-state index contributed by atoms with van der Waals surface area (Å²) in [4.78, 5) is 31.1. The summed E-state index contributed by atoms with van der Waals surface area (Å²) in [6.45, 7) is 1.46. The standard InChI is InChI=1S/C18H21N3O5/c22-13-3-1-7-21-15(13)19-11-12(17(21)25)16(24)20-8-5-18(6-9-20)14(23)4-2-10-26-18/h1,3,7,11,14,22-23H,2,4-6,8-10H2/t14-/m1/s1. The molecule has 4 heterocycles. The number of likely N-dealkylation sites (tertiary alicyclic amines) is 1. The molecular formula is C18H21N3O5. The van der Waals surface area contributed by atoms with E-state index < -0.39 is 17.3 Å². The zero-order valence-corrected chi connectivity index (χ0v) is 14.3. The number of pyridine rings is 1. The van der Waals surface area contributed by atoms with Crippen molar-refractivity contribution in [2.24, 2.45) is 0 Å². The Morgan fingerprint density at radius 3 is 2.85 bits per heavy atom. The van der Waals surface area contributed by atoms with Gasteiger partial charge in [0.1, 0.15) is 5.56 Å². The van der Waals surface area contributed by atoms with Crippen molar-refractivity contribution in [3.05, 3.63) is 40.4 Å². The van der Waals surface area contributed by atoms with E-state index in [1.165, 1.54) is 28.9 Å². The zero-order valence-electron chi connectivity index (χ0n) is 14.3. The molecule has 8 heteroatoms. The van der Waals surface area contributed by atoms with E-state index in [-0.39, 0.29) is 22.9 Å². The van der Waals surface area contributed by atoms with Crippen LogP contribution in [0.4, 0.5) is 0 Å². The second kappa shape index (κ2) is 6.37. The highest BCUT2D eigenvalue weighted by molar-refractivity contribution is 5.94. The van der Waals surface area contributed by atoms with Crippen molar-refractivity contribution in [2.45, 2.75) is 37.4 Å². The summed E-state index contributed by atoms with van der Waals surface area (Å²) in [5.74, 6) is -0.507. The largest absolute Gasteiger partial charge is 0.504 e. The van der Waals surface area contributed by atoms with Gasteiger partial charge in [-0.15, -0.1) is 0 Å². The van der Waals surface area contributed by atoms with Gasteiger partial charge in [0.25, 0.3) is 11.5 Å². The van der Waals surface area contributed by atoms with Crippen molar-refractivity contribution >= 4 is 11.6 Å². The molecule has 1 atom stereocenters. The molecule has 2 aliphatic rings. The van der Waals surface area contributed by atoms with E-state index in [9.17, 15) is 19.8 Å². The Morgan fingerprint density at radius 1 is 1.35 bits per heavy atom. The van der Waals surface area contributed by atoms with Crippen LogP contribution in [0.2, 0.25) is 0 Å². The molecule has 2 aromatic heterocycles. The van der Waals surface area contributed by atoms with Gasteiger partial charge in [-0.3, -0.25) is 14.0 Å². The number of carbonyl (C=O) groups is 1. The number of hydrogen-bond donors (Lipinski definition) is 2. The molecule has 26 heavy (non-hydrogen) atoms. The Hall–Kier alpha value is -2.45. The van der Waals surface area contributed by atoms with Gasteiger partial charge in [-0.25, -0.2) is 4.98 Å². The third-order valence-corrected chi connectivity index (χ3v) is 5.46. The highest BCUT2D eigenvalue weighted by atomic mass is 16.5. The number of aliphatic hydroxyl groups is 1. The van der Waals surface area contributed by atoms with Crippen LogP contribution in [-0.2, 0) is 4.74 Å². The summed E-state index contributed by atoms with van der Waals surface area (Å²) < 4.78 is 7.02. The van der Waals surface area contributed by atoms with Crippen molar-refractivity contribution in [1.82, 2.24) is 14.3 Å². The number of amides is 1. The first kappa shape index (κ1) is 17.0. The molecule has 8 nitrogen and oxygen atoms in total. The van der Waals surface area contributed by atoms with Crippen molar-refractivity contribution < 1.29 is 19.7 Å². The number of nitrogens with zero attached hydrogens (tertiary/aromatic N) is 3. The lowest BCUT2D eigenvalue weighted by molar-refractivity contribution is -0.174. The second-order valence-electron chi connectivity index (χ2n) is 6.93. The summed E-state index contributed by atoms with van der Waals surface area (Å²) in [6.07, 6.45) is 4.83. The van der Waals surface area contributed by atoms with Crippen LogP contribution < -0.4 is 5.56 Å². The SMILES string of the molecule is O=C(c1cnc2c(O)cccn2c1=O)N1CCC2(CC1)OCCC[C@H]2O. The molecular weight excluding hydrogens is 338 g/mol. The lowest BCUT2D eigenvalue weighted by atomic mass is 9.82. The van der Waals surface area contributed by atoms with Gasteiger partial charge in [0.15, 0.2) is 11.4 Å². The van der Waals surface area contributed by atoms with E-state index in [0.717, 1.165) is 6.42 Å². The lowest BCUT2D eigenvalue weighted by Gasteiger charge is -2.46. The summed E-state index contributed by atoms with van der Waals surface area (Å²) in [6, 6.07) is 2.95. The van der Waals surface area contributed by atoms with Gasteiger partial charge in [-0.1, -0.05) is 0 Å². The van der Waals surface area contributed by atoms with Gasteiger partial charge in [-0.05, 0) is 37.8 Å². The predicted octanol–water partition coefficient (Wildman–Crippen LogP) is 0.546. The fourth-order valence-electron chi connectivity index (χ4n) is 3.89. The Labute approximate surface area is 149 Å². The molecule has 2 fully saturated rings. The highest BCUT2D eigenvalue weighted by Crippen LogP contribution is 2.35. The molecule has 1 amide bonds. The van der Waals surface area contributed by atoms with Crippen LogP contribution >= 0.6 is 0 Å². The average Bonchev–Trinajstić information content (AvgIpc) is 2.65. The van der Waals surface area contributed by atoms with Crippen molar-refractivity contribution in [3.63, 3.8) is 0 Å². The third-order valence-electron chi connectivity index (χ3n) is 5.46. The summed E-state index contributed by atoms with van der Waals surface area (Å²) in [5, 5.41) is 20.1. The minimum Gasteiger partial charge on any atom is -0.504 e. The smallest absolute Gasteiger partial charge is 0.270 e. The number of fused-ring (bicyclic) bond motifs is 1. The van der Waals surface area contributed by atoms with Gasteiger partial charge in [-0.2, -0.15) is 0 Å². The van der Waals surface area contributed by atoms with Crippen LogP contribution in [0.5, 0.6) is 5.75 Å². The van der Waals surface area contributed by atoms with Gasteiger partial charge in [0, 0.05) is 32.1 Å². The maximum Gasteiger partial charge on any atom is 0.270 e. The van der Waals surface area contributed by atoms with Crippen LogP contribution in [-0.4, -0.2) is 61.8 Å². The Kier molecular flexibility index (Phi) is 4.16. The van der Waals surface area contributed by atoms with Crippen LogP contribution in [0.3, 0.4) is 0 Å². The molecule has 1 spiro atoms. The summed E-state index contributed by atoms with van der Waals surface area (Å²) in [5.41, 5.74) is -0.998. The maximum absolute atomic E-state index is 12.8. The summed E-state index contributed by atoms with van der Waals surface area (Å²) >= 11 is 0. The molecule has 0 saturated carbocycles. The zero-order chi connectivity index (χ0) is 18.3. The van der Waals surface area contributed by atoms with E-state index in [1.807, 2.05) is 0 Å². The van der Waals surface area contributed by atoms with Crippen LogP contribution in [0, 0.1) is 0 Å². The molecule has 0 aliphatic carbocycles. The molecule has 2 saturated heterocycles. The number of carbonyl (C=O) groups excluding carboxylic acids is 1. The van der Waals surface area contributed by atoms with Gasteiger partial charge in [0.2, 0.25) is 0 Å². The fourth-order valence-corrected chi connectivity index (χ4v) is 3.89. The Balaban J connectivity index is 1.57. The quantitative estimate of drug-likeness (QED) is 0.770. The van der Waals surface area contributed by atoms with E-state index >= 15 is 0 Å². The van der Waals surface area contributed by atoms with Crippen LogP contribution in [0.25, 0.3) is 5.65 Å². The molecule has 2 aliphatic heterocycles. The van der Waals surface area contributed by atoms with Gasteiger partial charge < -0.3 is 19.8 Å². The van der Waals surface area contributed by atoms with Gasteiger partial charge in [0.05, 0.1) is 11.7 Å². The Bertz CT molecular complexity index is 901. The molecule has 2 N–H and O–H groups in total. The molecule has 0 bridgehead atoms. The number of aromatic hydroxyl groups is 1. The van der Waals surface area contributed by atoms with E-state index in [0.29, 0.717) is 39.0 Å². The molecule has 0 unspecified atom stereocenters. The molecule has 0 radical (unpaired) electrons. The number of ether oxygens (including phenoxy) is 1. The number of hydrogen-bond acceptors (Lipinski definition) is 6. The molecule has 0 aromatic carbocycles. The highest BCUT2D eigenvalue weighted by Gasteiger charge is 2.44. The minimum atomic E-state index is -0.572. The molecule has 2 aromatic rings. The van der Waals surface area contributed by atoms with E-state index in [2.05, 4.69) is 4.98 Å². The van der Waals surface area contributed by atoms with E-state index in [4.69, 9.17) is 4.74 Å². The van der Waals surface area contributed by atoms with Crippen molar-refractivity contribution in [3.8, 4) is 5.75 Å². The second-order valence-corrected chi connectivity index (χ2v) is 6.93. The van der Waals surface area contributed by atoms with Gasteiger partial charge >= 0.3 is 0 Å². The van der Waals surface area contributed by atoms with Crippen molar-refractivity contribution in [1.29, 1.82) is 0 Å². The topological polar surface area (TPSA) is 104 Å². The maximum atomic E-state index is 12.8. The van der Waals surface area contributed by atoms with Crippen LogP contribution in [0.15, 0.2) is 29.3 Å². The fraction of sp³-hybridized carbons (Fsp3) is 0.500.